The second kappa shape index (κ2) is 4.35. The summed E-state index contributed by atoms with van der Waals surface area (Å²) in [4.78, 5) is 3.80. The van der Waals surface area contributed by atoms with Crippen LogP contribution in [0, 0.1) is 0 Å². The molecule has 84 valence electrons. The minimum Gasteiger partial charge on any atom is -0.318 e. The molecule has 15 heavy (non-hydrogen) atoms. The van der Waals surface area contributed by atoms with Crippen molar-refractivity contribution in [3.8, 4) is 0 Å². The first-order valence-electron chi connectivity index (χ1n) is 4.64. The molecule has 7 heteroatoms. The Labute approximate surface area is 97.4 Å². The van der Waals surface area contributed by atoms with Crippen LogP contribution in [0.25, 0.3) is 0 Å². The maximum atomic E-state index is 11.2. The van der Waals surface area contributed by atoms with Crippen LogP contribution in [0.5, 0.6) is 0 Å². The van der Waals surface area contributed by atoms with Gasteiger partial charge in [0.25, 0.3) is 9.05 Å². The van der Waals surface area contributed by atoms with E-state index in [4.69, 9.17) is 10.7 Å². The van der Waals surface area contributed by atoms with Gasteiger partial charge in [0.15, 0.2) is 0 Å². The topological polar surface area (TPSA) is 52.0 Å². The molecule has 0 unspecified atom stereocenters. The number of aromatic nitrogens is 2. The summed E-state index contributed by atoms with van der Waals surface area (Å²) >= 11 is 1.89. The van der Waals surface area contributed by atoms with Crippen LogP contribution in [0.4, 0.5) is 0 Å². The Morgan fingerprint density at radius 1 is 1.47 bits per heavy atom. The number of nitrogens with zero attached hydrogens (tertiary/aromatic N) is 2. The van der Waals surface area contributed by atoms with Crippen molar-refractivity contribution in [3.63, 3.8) is 0 Å². The Balaban J connectivity index is 2.32. The van der Waals surface area contributed by atoms with Crippen LogP contribution in [-0.4, -0.2) is 29.5 Å². The molecule has 0 bridgehead atoms. The van der Waals surface area contributed by atoms with E-state index in [0.717, 1.165) is 24.3 Å². The third-order valence-electron chi connectivity index (χ3n) is 2.44. The molecule has 1 saturated heterocycles. The van der Waals surface area contributed by atoms with E-state index in [9.17, 15) is 8.42 Å². The smallest absolute Gasteiger partial charge is 0.295 e. The average molecular weight is 267 g/mol. The Hall–Kier alpha value is -0.200. The minimum atomic E-state index is -3.72. The lowest BCUT2D eigenvalue weighted by molar-refractivity contribution is 0.432. The number of halogens is 1. The second-order valence-corrected chi connectivity index (χ2v) is 7.08. The van der Waals surface area contributed by atoms with Crippen LogP contribution < -0.4 is 0 Å². The molecule has 1 aromatic heterocycles. The van der Waals surface area contributed by atoms with Gasteiger partial charge in [-0.3, -0.25) is 0 Å². The largest absolute Gasteiger partial charge is 0.318 e. The van der Waals surface area contributed by atoms with Crippen LogP contribution in [0.15, 0.2) is 17.6 Å². The van der Waals surface area contributed by atoms with Gasteiger partial charge in [0, 0.05) is 29.1 Å². The molecule has 1 aromatic rings. The lowest BCUT2D eigenvalue weighted by atomic mass is 10.1. The van der Waals surface area contributed by atoms with E-state index in [1.807, 2.05) is 11.8 Å². The minimum absolute atomic E-state index is 0.0268. The molecule has 2 rings (SSSR count). The highest BCUT2D eigenvalue weighted by Gasteiger charge is 2.23. The maximum Gasteiger partial charge on any atom is 0.295 e. The predicted octanol–water partition coefficient (Wildman–Crippen LogP) is 1.88. The maximum absolute atomic E-state index is 11.2. The molecule has 0 atom stereocenters. The van der Waals surface area contributed by atoms with Gasteiger partial charge in [-0.2, -0.15) is 11.8 Å². The van der Waals surface area contributed by atoms with Gasteiger partial charge in [0.1, 0.15) is 0 Å². The molecule has 1 aliphatic rings. The Bertz CT molecular complexity index is 437. The Kier molecular flexibility index (Phi) is 3.27. The summed E-state index contributed by atoms with van der Waals surface area (Å²) in [5.74, 6) is 2.12. The molecule has 0 saturated carbocycles. The van der Waals surface area contributed by atoms with Crippen molar-refractivity contribution in [3.05, 3.63) is 12.4 Å². The summed E-state index contributed by atoms with van der Waals surface area (Å²) in [6.07, 6.45) is 5.12. The zero-order valence-corrected chi connectivity index (χ0v) is 10.4. The zero-order valence-electron chi connectivity index (χ0n) is 7.97. The highest BCUT2D eigenvalue weighted by molar-refractivity contribution is 8.13. The molecule has 0 N–H and O–H groups in total. The number of hydrogen-bond acceptors (Lipinski definition) is 4. The van der Waals surface area contributed by atoms with Gasteiger partial charge in [-0.25, -0.2) is 13.4 Å². The zero-order chi connectivity index (χ0) is 10.9. The average Bonchev–Trinajstić information content (AvgIpc) is 2.67. The van der Waals surface area contributed by atoms with Crippen LogP contribution in [-0.2, 0) is 9.05 Å². The SMILES string of the molecule is O=S(=O)(Cl)c1nccn1C1CCSCC1. The van der Waals surface area contributed by atoms with Crippen molar-refractivity contribution < 1.29 is 8.42 Å². The molecule has 0 amide bonds. The first kappa shape index (κ1) is 11.3. The summed E-state index contributed by atoms with van der Waals surface area (Å²) in [6.45, 7) is 0. The van der Waals surface area contributed by atoms with Crippen LogP contribution in [0.2, 0.25) is 0 Å². The van der Waals surface area contributed by atoms with E-state index in [0.29, 0.717) is 0 Å². The first-order chi connectivity index (χ1) is 7.09. The lowest BCUT2D eigenvalue weighted by Crippen LogP contribution is -2.17. The summed E-state index contributed by atoms with van der Waals surface area (Å²) in [6, 6.07) is 0.220. The van der Waals surface area contributed by atoms with Gasteiger partial charge in [-0.05, 0) is 24.3 Å². The van der Waals surface area contributed by atoms with E-state index >= 15 is 0 Å². The third kappa shape index (κ3) is 2.49. The fourth-order valence-corrected chi connectivity index (χ4v) is 3.82. The first-order valence-corrected chi connectivity index (χ1v) is 8.10. The van der Waals surface area contributed by atoms with Crippen LogP contribution >= 0.6 is 22.4 Å². The van der Waals surface area contributed by atoms with Crippen molar-refractivity contribution in [1.29, 1.82) is 0 Å². The molecule has 1 fully saturated rings. The Morgan fingerprint density at radius 3 is 2.73 bits per heavy atom. The van der Waals surface area contributed by atoms with Gasteiger partial charge >= 0.3 is 0 Å². The van der Waals surface area contributed by atoms with E-state index in [2.05, 4.69) is 4.98 Å². The van der Waals surface area contributed by atoms with Crippen molar-refractivity contribution >= 4 is 31.5 Å². The summed E-state index contributed by atoms with van der Waals surface area (Å²) < 4.78 is 24.2. The van der Waals surface area contributed by atoms with Crippen LogP contribution in [0.3, 0.4) is 0 Å². The number of hydrogen-bond donors (Lipinski definition) is 0. The number of rotatable bonds is 2. The van der Waals surface area contributed by atoms with Crippen molar-refractivity contribution in [2.45, 2.75) is 24.0 Å². The quantitative estimate of drug-likeness (QED) is 0.767. The monoisotopic (exact) mass is 266 g/mol. The van der Waals surface area contributed by atoms with Crippen LogP contribution in [0.1, 0.15) is 18.9 Å². The predicted molar refractivity (Wildman–Crippen MR) is 60.9 cm³/mol. The van der Waals surface area contributed by atoms with Gasteiger partial charge < -0.3 is 4.57 Å². The van der Waals surface area contributed by atoms with Gasteiger partial charge in [0.2, 0.25) is 5.16 Å². The molecule has 0 spiro atoms. The molecular weight excluding hydrogens is 256 g/mol. The molecule has 2 heterocycles. The molecule has 4 nitrogen and oxygen atoms in total. The summed E-state index contributed by atoms with van der Waals surface area (Å²) in [7, 11) is 1.59. The molecule has 0 aromatic carbocycles. The standard InChI is InChI=1S/C8H11ClN2O2S2/c9-15(12,13)8-10-3-4-11(8)7-1-5-14-6-2-7/h3-4,7H,1-2,5-6H2. The van der Waals surface area contributed by atoms with Crippen molar-refractivity contribution in [2.24, 2.45) is 0 Å². The number of thioether (sulfide) groups is 1. The lowest BCUT2D eigenvalue weighted by Gasteiger charge is -2.23. The van der Waals surface area contributed by atoms with E-state index in [1.165, 1.54) is 6.20 Å². The number of imidazole rings is 1. The third-order valence-corrected chi connectivity index (χ3v) is 4.65. The summed E-state index contributed by atoms with van der Waals surface area (Å²) in [5.41, 5.74) is 0. The normalized spacial score (nSPS) is 19.3. The second-order valence-electron chi connectivity index (χ2n) is 3.40. The van der Waals surface area contributed by atoms with E-state index in [-0.39, 0.29) is 11.2 Å². The van der Waals surface area contributed by atoms with Gasteiger partial charge in [-0.15, -0.1) is 0 Å². The highest BCUT2D eigenvalue weighted by atomic mass is 35.7. The van der Waals surface area contributed by atoms with Crippen molar-refractivity contribution in [2.75, 3.05) is 11.5 Å². The molecule has 1 aliphatic heterocycles. The molecule has 0 radical (unpaired) electrons. The van der Waals surface area contributed by atoms with Gasteiger partial charge in [0.05, 0.1) is 0 Å². The van der Waals surface area contributed by atoms with Crippen molar-refractivity contribution in [1.82, 2.24) is 9.55 Å². The Morgan fingerprint density at radius 2 is 2.13 bits per heavy atom. The van der Waals surface area contributed by atoms with E-state index < -0.39 is 9.05 Å². The molecule has 0 aliphatic carbocycles. The van der Waals surface area contributed by atoms with Gasteiger partial charge in [-0.1, -0.05) is 0 Å². The van der Waals surface area contributed by atoms with E-state index in [1.54, 1.807) is 10.8 Å². The highest BCUT2D eigenvalue weighted by Crippen LogP contribution is 2.29. The fourth-order valence-electron chi connectivity index (χ4n) is 1.73. The summed E-state index contributed by atoms with van der Waals surface area (Å²) in [5, 5.41) is -0.0268. The fraction of sp³-hybridized carbons (Fsp3) is 0.625. The molecular formula is C8H11ClN2O2S2.